The zero-order valence-corrected chi connectivity index (χ0v) is 13.0. The molecular weight excluding hydrogens is 318 g/mol. The number of benzene rings is 2. The van der Waals surface area contributed by atoms with Gasteiger partial charge in [-0.2, -0.15) is 0 Å². The first-order chi connectivity index (χ1) is 12.1. The molecule has 2 aromatic heterocycles. The number of fused-ring (bicyclic) bond motifs is 1. The minimum atomic E-state index is -0.566. The van der Waals surface area contributed by atoms with E-state index in [1.54, 1.807) is 24.3 Å². The van der Waals surface area contributed by atoms with Crippen LogP contribution in [0.3, 0.4) is 0 Å². The highest BCUT2D eigenvalue weighted by atomic mass is 16.1. The molecule has 3 N–H and O–H groups in total. The summed E-state index contributed by atoms with van der Waals surface area (Å²) in [5, 5.41) is 8.40. The van der Waals surface area contributed by atoms with Gasteiger partial charge in [0.2, 0.25) is 0 Å². The number of hydrogen-bond donors (Lipinski definition) is 3. The first-order valence-electron chi connectivity index (χ1n) is 7.60. The Labute approximate surface area is 140 Å². The van der Waals surface area contributed by atoms with Gasteiger partial charge in [0.1, 0.15) is 16.9 Å². The largest absolute Gasteiger partial charge is 0.332 e. The lowest BCUT2D eigenvalue weighted by atomic mass is 10.2. The van der Waals surface area contributed by atoms with Gasteiger partial charge < -0.3 is 9.97 Å². The number of H-pyrrole nitrogens is 2. The summed E-state index contributed by atoms with van der Waals surface area (Å²) < 4.78 is 1.18. The van der Waals surface area contributed by atoms with E-state index in [4.69, 9.17) is 5.41 Å². The molecule has 25 heavy (non-hydrogen) atoms. The Kier molecular flexibility index (Phi) is 3.39. The normalized spacial score (nSPS) is 10.9. The molecule has 0 spiro atoms. The Morgan fingerprint density at radius 2 is 1.52 bits per heavy atom. The van der Waals surface area contributed by atoms with Crippen LogP contribution in [-0.4, -0.2) is 19.5 Å². The molecule has 4 rings (SSSR count). The van der Waals surface area contributed by atoms with Crippen LogP contribution in [0.25, 0.3) is 28.1 Å². The molecule has 122 valence electrons. The molecule has 0 atom stereocenters. The zero-order chi connectivity index (χ0) is 17.4. The highest BCUT2D eigenvalue weighted by Gasteiger charge is 2.12. The van der Waals surface area contributed by atoms with Gasteiger partial charge in [-0.05, 0) is 12.1 Å². The lowest BCUT2D eigenvalue weighted by Crippen LogP contribution is -2.36. The van der Waals surface area contributed by atoms with Crippen LogP contribution in [0.15, 0.2) is 70.3 Å². The Bertz CT molecular complexity index is 1240. The average molecular weight is 331 g/mol. The van der Waals surface area contributed by atoms with E-state index in [2.05, 4.69) is 15.0 Å². The fourth-order valence-electron chi connectivity index (χ4n) is 2.69. The molecule has 4 aromatic rings. The second-order valence-corrected chi connectivity index (χ2v) is 5.45. The monoisotopic (exact) mass is 331 g/mol. The van der Waals surface area contributed by atoms with Gasteiger partial charge >= 0.3 is 5.69 Å². The molecule has 7 nitrogen and oxygen atoms in total. The molecule has 0 radical (unpaired) electrons. The molecule has 0 saturated heterocycles. The van der Waals surface area contributed by atoms with E-state index >= 15 is 0 Å². The molecule has 2 aromatic carbocycles. The minimum Gasteiger partial charge on any atom is -0.305 e. The van der Waals surface area contributed by atoms with Crippen LogP contribution >= 0.6 is 0 Å². The topological polar surface area (TPSA) is 107 Å². The number of nitrogens with one attached hydrogen (secondary N) is 3. The van der Waals surface area contributed by atoms with Crippen LogP contribution in [0, 0.1) is 5.41 Å². The van der Waals surface area contributed by atoms with Crippen molar-refractivity contribution in [3.63, 3.8) is 0 Å². The predicted octanol–water partition coefficient (Wildman–Crippen LogP) is 1.55. The lowest BCUT2D eigenvalue weighted by Gasteiger charge is -2.08. The van der Waals surface area contributed by atoms with Crippen LogP contribution in [0.1, 0.15) is 0 Å². The summed E-state index contributed by atoms with van der Waals surface area (Å²) in [7, 11) is 0. The van der Waals surface area contributed by atoms with Gasteiger partial charge in [0.25, 0.3) is 5.56 Å². The molecule has 7 heteroatoms. The van der Waals surface area contributed by atoms with Crippen LogP contribution in [-0.2, 0) is 0 Å². The summed E-state index contributed by atoms with van der Waals surface area (Å²) in [5.41, 5.74) is 0.164. The summed E-state index contributed by atoms with van der Waals surface area (Å²) in [6.45, 7) is 0. The van der Waals surface area contributed by atoms with E-state index in [1.807, 2.05) is 36.4 Å². The Balaban J connectivity index is 2.08. The SMILES string of the molecule is N=c1c2nc(-c3ccccc3)[nH]c(=O)c2[nH]c(=O)n1-c1ccccc1. The van der Waals surface area contributed by atoms with Crippen molar-refractivity contribution in [2.75, 3.05) is 0 Å². The minimum absolute atomic E-state index is 0.0122. The number of nitrogens with zero attached hydrogens (tertiary/aromatic N) is 2. The molecular formula is C18H13N5O2. The first-order valence-corrected chi connectivity index (χ1v) is 7.60. The van der Waals surface area contributed by atoms with Crippen LogP contribution in [0.4, 0.5) is 0 Å². The van der Waals surface area contributed by atoms with Gasteiger partial charge in [-0.15, -0.1) is 0 Å². The molecule has 0 aliphatic carbocycles. The van der Waals surface area contributed by atoms with Crippen LogP contribution < -0.4 is 16.7 Å². The molecule has 0 bridgehead atoms. The number of hydrogen-bond acceptors (Lipinski definition) is 4. The van der Waals surface area contributed by atoms with Crippen molar-refractivity contribution in [3.05, 3.63) is 87.0 Å². The number of aromatic amines is 2. The quantitative estimate of drug-likeness (QED) is 0.518. The highest BCUT2D eigenvalue weighted by molar-refractivity contribution is 5.74. The van der Waals surface area contributed by atoms with E-state index in [0.29, 0.717) is 11.5 Å². The first kappa shape index (κ1) is 14.8. The fraction of sp³-hybridized carbons (Fsp3) is 0. The van der Waals surface area contributed by atoms with Crippen molar-refractivity contribution in [1.29, 1.82) is 5.41 Å². The number of para-hydroxylation sites is 1. The summed E-state index contributed by atoms with van der Waals surface area (Å²) in [5.74, 6) is 0.346. The van der Waals surface area contributed by atoms with Gasteiger partial charge in [-0.25, -0.2) is 14.3 Å². The summed E-state index contributed by atoms with van der Waals surface area (Å²) in [4.78, 5) is 34.3. The van der Waals surface area contributed by atoms with E-state index in [1.165, 1.54) is 4.57 Å². The van der Waals surface area contributed by atoms with Crippen LogP contribution in [0.5, 0.6) is 0 Å². The van der Waals surface area contributed by atoms with Crippen molar-refractivity contribution < 1.29 is 0 Å². The van der Waals surface area contributed by atoms with Crippen molar-refractivity contribution >= 4 is 11.0 Å². The second kappa shape index (κ2) is 5.72. The fourth-order valence-corrected chi connectivity index (χ4v) is 2.69. The molecule has 0 unspecified atom stereocenters. The predicted molar refractivity (Wildman–Crippen MR) is 93.6 cm³/mol. The lowest BCUT2D eigenvalue weighted by molar-refractivity contribution is 0.850. The molecule has 0 fully saturated rings. The summed E-state index contributed by atoms with van der Waals surface area (Å²) in [6, 6.07) is 17.9. The third-order valence-corrected chi connectivity index (χ3v) is 3.86. The van der Waals surface area contributed by atoms with Crippen molar-refractivity contribution in [3.8, 4) is 17.1 Å². The van der Waals surface area contributed by atoms with Gasteiger partial charge in [-0.1, -0.05) is 48.5 Å². The Morgan fingerprint density at radius 1 is 0.880 bits per heavy atom. The molecule has 0 aliphatic heterocycles. The third kappa shape index (κ3) is 2.47. The molecule has 0 amide bonds. The Morgan fingerprint density at radius 3 is 2.20 bits per heavy atom. The average Bonchev–Trinajstić information content (AvgIpc) is 2.64. The van der Waals surface area contributed by atoms with E-state index in [0.717, 1.165) is 5.56 Å². The zero-order valence-electron chi connectivity index (χ0n) is 13.0. The molecule has 0 saturated carbocycles. The number of aromatic nitrogens is 4. The summed E-state index contributed by atoms with van der Waals surface area (Å²) in [6.07, 6.45) is 0. The van der Waals surface area contributed by atoms with Crippen LogP contribution in [0.2, 0.25) is 0 Å². The van der Waals surface area contributed by atoms with Gasteiger partial charge in [0, 0.05) is 5.56 Å². The maximum Gasteiger partial charge on any atom is 0.332 e. The highest BCUT2D eigenvalue weighted by Crippen LogP contribution is 2.13. The van der Waals surface area contributed by atoms with Crippen molar-refractivity contribution in [1.82, 2.24) is 19.5 Å². The maximum atomic E-state index is 12.4. The summed E-state index contributed by atoms with van der Waals surface area (Å²) >= 11 is 0. The van der Waals surface area contributed by atoms with Crippen molar-refractivity contribution in [2.24, 2.45) is 0 Å². The second-order valence-electron chi connectivity index (χ2n) is 5.45. The third-order valence-electron chi connectivity index (χ3n) is 3.86. The maximum absolute atomic E-state index is 12.4. The number of rotatable bonds is 2. The molecule has 0 aliphatic rings. The van der Waals surface area contributed by atoms with Crippen molar-refractivity contribution in [2.45, 2.75) is 0 Å². The molecule has 2 heterocycles. The van der Waals surface area contributed by atoms with Gasteiger partial charge in [0.05, 0.1) is 5.69 Å². The Hall–Kier alpha value is -3.74. The van der Waals surface area contributed by atoms with Gasteiger partial charge in [0.15, 0.2) is 5.49 Å². The van der Waals surface area contributed by atoms with E-state index < -0.39 is 11.2 Å². The van der Waals surface area contributed by atoms with Gasteiger partial charge in [-0.3, -0.25) is 10.2 Å². The van der Waals surface area contributed by atoms with E-state index in [-0.39, 0.29) is 16.5 Å². The smallest absolute Gasteiger partial charge is 0.305 e. The van der Waals surface area contributed by atoms with E-state index in [9.17, 15) is 9.59 Å². The standard InChI is InChI=1S/C18H13N5O2/c19-15-13-14(21-18(25)23(15)12-9-5-2-6-10-12)17(24)22-16(20-13)11-7-3-1-4-8-11/h1-10,19H,(H,21,25)(H,20,22,24).